The van der Waals surface area contributed by atoms with Crippen LogP contribution in [0, 0.1) is 0 Å². The van der Waals surface area contributed by atoms with Crippen LogP contribution in [0.25, 0.3) is 0 Å². The fourth-order valence-corrected chi connectivity index (χ4v) is 3.45. The summed E-state index contributed by atoms with van der Waals surface area (Å²) in [7, 11) is -3.60. The van der Waals surface area contributed by atoms with E-state index in [0.29, 0.717) is 25.3 Å². The molecule has 106 valence electrons. The monoisotopic (exact) mass is 286 g/mol. The van der Waals surface area contributed by atoms with Crippen LogP contribution in [0.2, 0.25) is 0 Å². The fourth-order valence-electron chi connectivity index (χ4n) is 1.97. The molecule has 0 atom stereocenters. The molecular formula is C12H18N2O4S. The van der Waals surface area contributed by atoms with E-state index in [-0.39, 0.29) is 11.6 Å². The van der Waals surface area contributed by atoms with Crippen LogP contribution in [0.15, 0.2) is 23.4 Å². The van der Waals surface area contributed by atoms with Crippen molar-refractivity contribution in [3.05, 3.63) is 23.9 Å². The topological polar surface area (TPSA) is 79.7 Å². The first-order chi connectivity index (χ1) is 8.85. The van der Waals surface area contributed by atoms with Crippen molar-refractivity contribution in [2.45, 2.75) is 31.1 Å². The Balaban J connectivity index is 2.26. The summed E-state index contributed by atoms with van der Waals surface area (Å²) >= 11 is 0. The molecule has 1 aromatic heterocycles. The minimum Gasteiger partial charge on any atom is -0.392 e. The maximum absolute atomic E-state index is 12.4. The number of rotatable bonds is 3. The molecule has 2 heterocycles. The molecule has 1 aliphatic rings. The zero-order valence-electron chi connectivity index (χ0n) is 11.0. The van der Waals surface area contributed by atoms with E-state index in [4.69, 9.17) is 9.84 Å². The lowest BCUT2D eigenvalue weighted by Gasteiger charge is -2.37. The van der Waals surface area contributed by atoms with Gasteiger partial charge in [0.15, 0.2) is 5.03 Å². The number of nitrogens with zero attached hydrogens (tertiary/aromatic N) is 2. The van der Waals surface area contributed by atoms with E-state index in [1.54, 1.807) is 6.07 Å². The van der Waals surface area contributed by atoms with Gasteiger partial charge < -0.3 is 9.84 Å². The Kier molecular flexibility index (Phi) is 3.91. The molecule has 0 saturated carbocycles. The average molecular weight is 286 g/mol. The first-order valence-electron chi connectivity index (χ1n) is 6.05. The molecule has 0 unspecified atom stereocenters. The molecule has 0 amide bonds. The fraction of sp³-hybridized carbons (Fsp3) is 0.583. The van der Waals surface area contributed by atoms with Gasteiger partial charge in [-0.25, -0.2) is 13.4 Å². The number of hydrogen-bond acceptors (Lipinski definition) is 5. The third-order valence-electron chi connectivity index (χ3n) is 2.97. The maximum atomic E-state index is 12.4. The third-order valence-corrected chi connectivity index (χ3v) is 4.74. The predicted octanol–water partition coefficient (Wildman–Crippen LogP) is 0.373. The molecule has 0 aliphatic carbocycles. The lowest BCUT2D eigenvalue weighted by Crippen LogP contribution is -2.50. The van der Waals surface area contributed by atoms with Crippen molar-refractivity contribution in [1.82, 2.24) is 9.29 Å². The SMILES string of the molecule is CC1(C)CN(S(=O)(=O)c2ccc(CO)cn2)CCO1. The first-order valence-corrected chi connectivity index (χ1v) is 7.49. The van der Waals surface area contributed by atoms with Crippen molar-refractivity contribution in [2.24, 2.45) is 0 Å². The largest absolute Gasteiger partial charge is 0.392 e. The number of pyridine rings is 1. The molecule has 1 aliphatic heterocycles. The summed E-state index contributed by atoms with van der Waals surface area (Å²) in [5.74, 6) is 0. The van der Waals surface area contributed by atoms with Gasteiger partial charge in [-0.05, 0) is 25.5 Å². The second-order valence-electron chi connectivity index (χ2n) is 5.11. The average Bonchev–Trinajstić information content (AvgIpc) is 2.37. The van der Waals surface area contributed by atoms with Gasteiger partial charge in [-0.1, -0.05) is 6.07 Å². The molecule has 1 fully saturated rings. The van der Waals surface area contributed by atoms with Crippen LogP contribution in [0.4, 0.5) is 0 Å². The van der Waals surface area contributed by atoms with E-state index >= 15 is 0 Å². The van der Waals surface area contributed by atoms with Gasteiger partial charge in [0.1, 0.15) is 0 Å². The molecule has 1 aromatic rings. The highest BCUT2D eigenvalue weighted by atomic mass is 32.2. The Labute approximate surface area is 113 Å². The molecular weight excluding hydrogens is 268 g/mol. The van der Waals surface area contributed by atoms with Crippen LogP contribution in [0.3, 0.4) is 0 Å². The van der Waals surface area contributed by atoms with Gasteiger partial charge in [-0.3, -0.25) is 0 Å². The summed E-state index contributed by atoms with van der Waals surface area (Å²) in [6, 6.07) is 2.98. The Hall–Kier alpha value is -1.02. The number of aromatic nitrogens is 1. The molecule has 0 aromatic carbocycles. The van der Waals surface area contributed by atoms with E-state index in [0.717, 1.165) is 0 Å². The minimum absolute atomic E-state index is 0.00222. The number of aliphatic hydroxyl groups is 1. The molecule has 19 heavy (non-hydrogen) atoms. The number of morpholine rings is 1. The van der Waals surface area contributed by atoms with Crippen molar-refractivity contribution in [2.75, 3.05) is 19.7 Å². The molecule has 1 saturated heterocycles. The predicted molar refractivity (Wildman–Crippen MR) is 68.9 cm³/mol. The zero-order valence-corrected chi connectivity index (χ0v) is 11.9. The Morgan fingerprint density at radius 3 is 2.74 bits per heavy atom. The maximum Gasteiger partial charge on any atom is 0.260 e. The van der Waals surface area contributed by atoms with Gasteiger partial charge in [0, 0.05) is 19.3 Å². The summed E-state index contributed by atoms with van der Waals surface area (Å²) in [6.45, 7) is 4.57. The Morgan fingerprint density at radius 1 is 1.47 bits per heavy atom. The zero-order chi connectivity index (χ0) is 14.1. The summed E-state index contributed by atoms with van der Waals surface area (Å²) in [5.41, 5.74) is 0.0948. The van der Waals surface area contributed by atoms with Crippen LogP contribution < -0.4 is 0 Å². The van der Waals surface area contributed by atoms with Crippen LogP contribution in [0.1, 0.15) is 19.4 Å². The van der Waals surface area contributed by atoms with Gasteiger partial charge in [0.05, 0.1) is 18.8 Å². The smallest absolute Gasteiger partial charge is 0.260 e. The van der Waals surface area contributed by atoms with E-state index in [2.05, 4.69) is 4.98 Å². The van der Waals surface area contributed by atoms with E-state index in [1.165, 1.54) is 16.6 Å². The molecule has 7 heteroatoms. The molecule has 0 radical (unpaired) electrons. The number of hydrogen-bond donors (Lipinski definition) is 1. The van der Waals surface area contributed by atoms with Crippen LogP contribution in [-0.2, 0) is 21.4 Å². The summed E-state index contributed by atoms with van der Waals surface area (Å²) in [6.07, 6.45) is 1.37. The molecule has 0 spiro atoms. The van der Waals surface area contributed by atoms with Gasteiger partial charge in [0.2, 0.25) is 0 Å². The summed E-state index contributed by atoms with van der Waals surface area (Å²) in [4.78, 5) is 3.91. The Morgan fingerprint density at radius 2 is 2.21 bits per heavy atom. The standard InChI is InChI=1S/C12H18N2O4S/c1-12(2)9-14(5-6-18-12)19(16,17)11-4-3-10(8-15)7-13-11/h3-4,7,15H,5-6,8-9H2,1-2H3. The van der Waals surface area contributed by atoms with Crippen LogP contribution in [-0.4, -0.2) is 48.1 Å². The summed E-state index contributed by atoms with van der Waals surface area (Å²) < 4.78 is 31.7. The summed E-state index contributed by atoms with van der Waals surface area (Å²) in [5, 5.41) is 8.93. The van der Waals surface area contributed by atoms with Gasteiger partial charge in [-0.15, -0.1) is 0 Å². The van der Waals surface area contributed by atoms with Crippen molar-refractivity contribution < 1.29 is 18.3 Å². The number of sulfonamides is 1. The van der Waals surface area contributed by atoms with Crippen molar-refractivity contribution >= 4 is 10.0 Å². The normalized spacial score (nSPS) is 20.4. The molecule has 2 rings (SSSR count). The van der Waals surface area contributed by atoms with E-state index < -0.39 is 15.6 Å². The Bertz CT molecular complexity index is 539. The quantitative estimate of drug-likeness (QED) is 0.868. The highest BCUT2D eigenvalue weighted by Crippen LogP contribution is 2.22. The highest BCUT2D eigenvalue weighted by molar-refractivity contribution is 7.89. The second-order valence-corrected chi connectivity index (χ2v) is 6.99. The van der Waals surface area contributed by atoms with E-state index in [1.807, 2.05) is 13.8 Å². The van der Waals surface area contributed by atoms with Gasteiger partial charge >= 0.3 is 0 Å². The van der Waals surface area contributed by atoms with Gasteiger partial charge in [0.25, 0.3) is 10.0 Å². The molecule has 1 N–H and O–H groups in total. The van der Waals surface area contributed by atoms with Gasteiger partial charge in [-0.2, -0.15) is 4.31 Å². The van der Waals surface area contributed by atoms with Crippen molar-refractivity contribution in [3.8, 4) is 0 Å². The minimum atomic E-state index is -3.60. The third kappa shape index (κ3) is 3.11. The second kappa shape index (κ2) is 5.16. The first kappa shape index (κ1) is 14.4. The van der Waals surface area contributed by atoms with Crippen molar-refractivity contribution in [1.29, 1.82) is 0 Å². The number of ether oxygens (including phenoxy) is 1. The lowest BCUT2D eigenvalue weighted by molar-refractivity contribution is -0.0640. The van der Waals surface area contributed by atoms with Crippen molar-refractivity contribution in [3.63, 3.8) is 0 Å². The molecule has 0 bridgehead atoms. The molecule has 6 nitrogen and oxygen atoms in total. The highest BCUT2D eigenvalue weighted by Gasteiger charge is 2.35. The number of aliphatic hydroxyl groups excluding tert-OH is 1. The van der Waals surface area contributed by atoms with E-state index in [9.17, 15) is 8.42 Å². The van der Waals surface area contributed by atoms with Crippen LogP contribution in [0.5, 0.6) is 0 Å². The lowest BCUT2D eigenvalue weighted by atomic mass is 10.1. The van der Waals surface area contributed by atoms with Crippen LogP contribution >= 0.6 is 0 Å².